The quantitative estimate of drug-likeness (QED) is 0.573. The molecule has 0 atom stereocenters. The topological polar surface area (TPSA) is 108 Å². The molecule has 9 nitrogen and oxygen atoms in total. The van der Waals surface area contributed by atoms with Gasteiger partial charge >= 0.3 is 5.97 Å². The van der Waals surface area contributed by atoms with Crippen molar-refractivity contribution >= 4 is 34.4 Å². The molecule has 0 aliphatic heterocycles. The first-order chi connectivity index (χ1) is 14.5. The third kappa shape index (κ3) is 4.06. The Kier molecular flexibility index (Phi) is 5.54. The summed E-state index contributed by atoms with van der Waals surface area (Å²) in [5.74, 6) is -0.814. The van der Waals surface area contributed by atoms with E-state index in [-0.39, 0.29) is 25.6 Å². The van der Waals surface area contributed by atoms with Crippen molar-refractivity contribution in [2.45, 2.75) is 32.2 Å². The van der Waals surface area contributed by atoms with Crippen LogP contribution in [0, 0.1) is 0 Å². The van der Waals surface area contributed by atoms with Crippen molar-refractivity contribution in [3.8, 4) is 5.69 Å². The summed E-state index contributed by atoms with van der Waals surface area (Å²) in [7, 11) is 0. The average Bonchev–Trinajstić information content (AvgIpc) is 3.46. The number of benzene rings is 1. The minimum atomic E-state index is -0.542. The molecule has 3 aromatic rings. The van der Waals surface area contributed by atoms with Crippen molar-refractivity contribution in [3.63, 3.8) is 0 Å². The van der Waals surface area contributed by atoms with Gasteiger partial charge in [0.05, 0.1) is 24.2 Å². The second-order valence-electron chi connectivity index (χ2n) is 7.00. The number of amides is 1. The minimum absolute atomic E-state index is 0.227. The Bertz CT molecular complexity index is 1180. The maximum atomic E-state index is 13.2. The molecule has 1 aromatic carbocycles. The van der Waals surface area contributed by atoms with Gasteiger partial charge in [0.1, 0.15) is 18.6 Å². The molecule has 30 heavy (non-hydrogen) atoms. The lowest BCUT2D eigenvalue weighted by molar-refractivity contribution is -0.143. The Morgan fingerprint density at radius 3 is 2.83 bits per heavy atom. The van der Waals surface area contributed by atoms with Gasteiger partial charge in [-0.1, -0.05) is 17.7 Å². The first-order valence-corrected chi connectivity index (χ1v) is 10.0. The van der Waals surface area contributed by atoms with Crippen LogP contribution in [0.3, 0.4) is 0 Å². The number of hydrogen-bond donors (Lipinski definition) is 1. The van der Waals surface area contributed by atoms with E-state index >= 15 is 0 Å². The molecular formula is C20H20ClN5O4. The van der Waals surface area contributed by atoms with Crippen LogP contribution >= 0.6 is 11.6 Å². The van der Waals surface area contributed by atoms with E-state index in [1.54, 1.807) is 37.4 Å². The molecule has 1 saturated carbocycles. The Labute approximate surface area is 176 Å². The number of hydrogen-bond acceptors (Lipinski definition) is 6. The summed E-state index contributed by atoms with van der Waals surface area (Å²) in [6, 6.07) is 7.02. The Balaban J connectivity index is 1.71. The van der Waals surface area contributed by atoms with Gasteiger partial charge in [-0.25, -0.2) is 9.36 Å². The van der Waals surface area contributed by atoms with Crippen LogP contribution < -0.4 is 10.9 Å². The minimum Gasteiger partial charge on any atom is -0.465 e. The van der Waals surface area contributed by atoms with Crippen molar-refractivity contribution in [1.82, 2.24) is 24.9 Å². The van der Waals surface area contributed by atoms with Crippen LogP contribution in [0.2, 0.25) is 5.02 Å². The van der Waals surface area contributed by atoms with E-state index in [9.17, 15) is 14.4 Å². The molecule has 10 heteroatoms. The Morgan fingerprint density at radius 2 is 2.13 bits per heavy atom. The molecule has 4 rings (SSSR count). The monoisotopic (exact) mass is 429 g/mol. The fourth-order valence-electron chi connectivity index (χ4n) is 3.24. The van der Waals surface area contributed by atoms with E-state index in [1.165, 1.54) is 4.68 Å². The second-order valence-corrected chi connectivity index (χ2v) is 7.44. The molecule has 1 aliphatic carbocycles. The molecule has 1 amide bonds. The summed E-state index contributed by atoms with van der Waals surface area (Å²) < 4.78 is 7.43. The van der Waals surface area contributed by atoms with Crippen molar-refractivity contribution in [3.05, 3.63) is 51.5 Å². The summed E-state index contributed by atoms with van der Waals surface area (Å²) >= 11 is 6.10. The number of aromatic nitrogens is 4. The molecule has 156 valence electrons. The normalized spacial score (nSPS) is 13.4. The molecule has 1 N–H and O–H groups in total. The number of nitrogens with one attached hydrogen (secondary N) is 1. The molecule has 2 aromatic heterocycles. The van der Waals surface area contributed by atoms with Gasteiger partial charge in [0, 0.05) is 16.3 Å². The second kappa shape index (κ2) is 8.27. The van der Waals surface area contributed by atoms with Gasteiger partial charge in [0.2, 0.25) is 5.91 Å². The summed E-state index contributed by atoms with van der Waals surface area (Å²) in [6.45, 7) is 1.33. The van der Waals surface area contributed by atoms with E-state index in [4.69, 9.17) is 16.3 Å². The first-order valence-electron chi connectivity index (χ1n) is 9.65. The number of nitrogens with zero attached hydrogens (tertiary/aromatic N) is 4. The summed E-state index contributed by atoms with van der Waals surface area (Å²) in [5.41, 5.74) is 1.28. The number of rotatable bonds is 7. The molecular weight excluding hydrogens is 410 g/mol. The molecule has 2 heterocycles. The van der Waals surface area contributed by atoms with Crippen LogP contribution in [-0.2, 0) is 20.9 Å². The zero-order chi connectivity index (χ0) is 21.3. The number of carbonyl (C=O) groups excluding carboxylic acids is 2. The lowest BCUT2D eigenvalue weighted by atomic mass is 10.2. The van der Waals surface area contributed by atoms with Crippen molar-refractivity contribution in [2.75, 3.05) is 13.2 Å². The molecule has 0 radical (unpaired) electrons. The van der Waals surface area contributed by atoms with Gasteiger partial charge < -0.3 is 10.1 Å². The Hall–Kier alpha value is -3.20. The highest BCUT2D eigenvalue weighted by atomic mass is 35.5. The number of fused-ring (bicyclic) bond motifs is 1. The third-order valence-electron chi connectivity index (χ3n) is 4.76. The highest BCUT2D eigenvalue weighted by Crippen LogP contribution is 2.41. The smallest absolute Gasteiger partial charge is 0.325 e. The molecule has 1 fully saturated rings. The summed E-state index contributed by atoms with van der Waals surface area (Å²) in [4.78, 5) is 36.9. The van der Waals surface area contributed by atoms with Crippen LogP contribution in [0.15, 0.2) is 35.3 Å². The van der Waals surface area contributed by atoms with Gasteiger partial charge in [-0.2, -0.15) is 10.2 Å². The number of halogens is 1. The maximum Gasteiger partial charge on any atom is 0.325 e. The van der Waals surface area contributed by atoms with Crippen LogP contribution in [-0.4, -0.2) is 44.6 Å². The summed E-state index contributed by atoms with van der Waals surface area (Å²) in [6.07, 6.45) is 3.57. The van der Waals surface area contributed by atoms with Gasteiger partial charge in [-0.05, 0) is 38.0 Å². The zero-order valence-corrected chi connectivity index (χ0v) is 17.1. The van der Waals surface area contributed by atoms with E-state index in [2.05, 4.69) is 15.5 Å². The van der Waals surface area contributed by atoms with Crippen LogP contribution in [0.25, 0.3) is 16.6 Å². The standard InChI is InChI=1S/C20H20ClN5O4/c1-2-30-17(28)10-22-16(27)11-25-20(29)19-15(18(24-25)12-6-7-12)9-23-26(19)14-5-3-4-13(21)8-14/h3-5,8-9,12H,2,6-7,10-11H2,1H3,(H,22,27). The molecule has 0 saturated heterocycles. The van der Waals surface area contributed by atoms with Crippen molar-refractivity contribution < 1.29 is 14.3 Å². The van der Waals surface area contributed by atoms with Crippen molar-refractivity contribution in [1.29, 1.82) is 0 Å². The van der Waals surface area contributed by atoms with E-state index in [0.29, 0.717) is 21.6 Å². The maximum absolute atomic E-state index is 13.2. The van der Waals surface area contributed by atoms with Crippen LogP contribution in [0.5, 0.6) is 0 Å². The van der Waals surface area contributed by atoms with Gasteiger partial charge in [0.15, 0.2) is 0 Å². The first kappa shape index (κ1) is 20.1. The lowest BCUT2D eigenvalue weighted by Crippen LogP contribution is -2.37. The number of carbonyl (C=O) groups is 2. The Morgan fingerprint density at radius 1 is 1.33 bits per heavy atom. The molecule has 1 aliphatic rings. The predicted octanol–water partition coefficient (Wildman–Crippen LogP) is 1.79. The van der Waals surface area contributed by atoms with E-state index in [1.807, 2.05) is 0 Å². The van der Waals surface area contributed by atoms with Crippen LogP contribution in [0.1, 0.15) is 31.4 Å². The fourth-order valence-corrected chi connectivity index (χ4v) is 3.42. The van der Waals surface area contributed by atoms with E-state index in [0.717, 1.165) is 23.2 Å². The molecule has 0 unspecified atom stereocenters. The largest absolute Gasteiger partial charge is 0.465 e. The SMILES string of the molecule is CCOC(=O)CNC(=O)Cn1nc(C2CC2)c2cnn(-c3cccc(Cl)c3)c2c1=O. The molecule has 0 spiro atoms. The highest BCUT2D eigenvalue weighted by Gasteiger charge is 2.30. The van der Waals surface area contributed by atoms with Gasteiger partial charge in [-0.15, -0.1) is 0 Å². The zero-order valence-electron chi connectivity index (χ0n) is 16.3. The fraction of sp³-hybridized carbons (Fsp3) is 0.350. The number of esters is 1. The lowest BCUT2D eigenvalue weighted by Gasteiger charge is -2.10. The summed E-state index contributed by atoms with van der Waals surface area (Å²) in [5, 5.41) is 12.5. The van der Waals surface area contributed by atoms with E-state index < -0.39 is 17.4 Å². The highest BCUT2D eigenvalue weighted by molar-refractivity contribution is 6.30. The number of ether oxygens (including phenoxy) is 1. The van der Waals surface area contributed by atoms with Crippen molar-refractivity contribution in [2.24, 2.45) is 0 Å². The van der Waals surface area contributed by atoms with Crippen LogP contribution in [0.4, 0.5) is 0 Å². The predicted molar refractivity (Wildman–Crippen MR) is 110 cm³/mol. The average molecular weight is 430 g/mol. The van der Waals surface area contributed by atoms with Gasteiger partial charge in [-0.3, -0.25) is 14.4 Å². The van der Waals surface area contributed by atoms with Gasteiger partial charge in [0.25, 0.3) is 5.56 Å². The molecule has 0 bridgehead atoms. The third-order valence-corrected chi connectivity index (χ3v) is 4.99.